The molecule has 1 heterocycles. The van der Waals surface area contributed by atoms with Gasteiger partial charge in [0.25, 0.3) is 0 Å². The third kappa shape index (κ3) is 2.95. The molecule has 0 spiro atoms. The summed E-state index contributed by atoms with van der Waals surface area (Å²) in [5.41, 5.74) is 0. The average Bonchev–Trinajstić information content (AvgIpc) is 2.62. The molecule has 0 aromatic rings. The summed E-state index contributed by atoms with van der Waals surface area (Å²) in [6.45, 7) is 3.69. The van der Waals surface area contributed by atoms with E-state index in [0.717, 1.165) is 0 Å². The Kier molecular flexibility index (Phi) is 3.87. The van der Waals surface area contributed by atoms with Crippen LogP contribution in [0.5, 0.6) is 0 Å². The van der Waals surface area contributed by atoms with Crippen molar-refractivity contribution in [1.29, 1.82) is 0 Å². The highest BCUT2D eigenvalue weighted by Crippen LogP contribution is 2.13. The largest absolute Gasteiger partial charge is 0.481 e. The third-order valence-corrected chi connectivity index (χ3v) is 2.65. The number of carboxylic acids is 1. The van der Waals surface area contributed by atoms with Crippen LogP contribution < -0.4 is 5.32 Å². The van der Waals surface area contributed by atoms with Crippen molar-refractivity contribution in [2.24, 2.45) is 5.92 Å². The van der Waals surface area contributed by atoms with Gasteiger partial charge in [-0.25, -0.2) is 0 Å². The van der Waals surface area contributed by atoms with E-state index in [0.29, 0.717) is 19.5 Å². The fourth-order valence-corrected chi connectivity index (χ4v) is 1.75. The lowest BCUT2D eigenvalue weighted by atomic mass is 10.1. The minimum Gasteiger partial charge on any atom is -0.481 e. The van der Waals surface area contributed by atoms with E-state index in [-0.39, 0.29) is 17.9 Å². The van der Waals surface area contributed by atoms with Gasteiger partial charge in [0.05, 0.1) is 0 Å². The molecule has 6 nitrogen and oxygen atoms in total. The molecule has 2 unspecified atom stereocenters. The van der Waals surface area contributed by atoms with E-state index in [4.69, 9.17) is 5.11 Å². The molecule has 2 N–H and O–H groups in total. The standard InChI is InChI=1S/C10H16N2O4/c1-6(10(15)16)9(14)12-4-3-8(5-12)11-7(2)13/h6,8H,3-5H2,1-2H3,(H,11,13)(H,15,16). The normalized spacial score (nSPS) is 21.6. The zero-order valence-corrected chi connectivity index (χ0v) is 9.40. The Labute approximate surface area is 93.6 Å². The van der Waals surface area contributed by atoms with Crippen LogP contribution in [0.25, 0.3) is 0 Å². The maximum atomic E-state index is 11.7. The Hall–Kier alpha value is -1.59. The summed E-state index contributed by atoms with van der Waals surface area (Å²) < 4.78 is 0. The van der Waals surface area contributed by atoms with Crippen molar-refractivity contribution < 1.29 is 19.5 Å². The molecule has 1 fully saturated rings. The van der Waals surface area contributed by atoms with Crippen LogP contribution in [-0.2, 0) is 14.4 Å². The van der Waals surface area contributed by atoms with Crippen LogP contribution in [0.1, 0.15) is 20.3 Å². The molecule has 6 heteroatoms. The van der Waals surface area contributed by atoms with Crippen LogP contribution in [0.15, 0.2) is 0 Å². The molecular weight excluding hydrogens is 212 g/mol. The molecule has 1 rings (SSSR count). The van der Waals surface area contributed by atoms with Crippen molar-refractivity contribution >= 4 is 17.8 Å². The molecule has 0 aliphatic carbocycles. The van der Waals surface area contributed by atoms with E-state index >= 15 is 0 Å². The molecule has 1 saturated heterocycles. The van der Waals surface area contributed by atoms with Gasteiger partial charge in [-0.05, 0) is 13.3 Å². The van der Waals surface area contributed by atoms with Crippen molar-refractivity contribution in [3.05, 3.63) is 0 Å². The predicted molar refractivity (Wildman–Crippen MR) is 55.6 cm³/mol. The fourth-order valence-electron chi connectivity index (χ4n) is 1.75. The van der Waals surface area contributed by atoms with Crippen LogP contribution >= 0.6 is 0 Å². The molecule has 0 saturated carbocycles. The second-order valence-electron chi connectivity index (χ2n) is 4.03. The molecule has 90 valence electrons. The minimum absolute atomic E-state index is 0.0533. The molecule has 0 radical (unpaired) electrons. The number of rotatable bonds is 3. The minimum atomic E-state index is -1.12. The zero-order valence-electron chi connectivity index (χ0n) is 9.40. The van der Waals surface area contributed by atoms with E-state index in [9.17, 15) is 14.4 Å². The smallest absolute Gasteiger partial charge is 0.315 e. The first-order valence-electron chi connectivity index (χ1n) is 5.20. The molecule has 0 aromatic carbocycles. The summed E-state index contributed by atoms with van der Waals surface area (Å²) in [5.74, 6) is -2.66. The lowest BCUT2D eigenvalue weighted by Gasteiger charge is -2.18. The van der Waals surface area contributed by atoms with Gasteiger partial charge in [0.2, 0.25) is 11.8 Å². The summed E-state index contributed by atoms with van der Waals surface area (Å²) in [5, 5.41) is 11.4. The SMILES string of the molecule is CC(=O)NC1CCN(C(=O)C(C)C(=O)O)C1. The van der Waals surface area contributed by atoms with Crippen LogP contribution in [0.4, 0.5) is 0 Å². The highest BCUT2D eigenvalue weighted by atomic mass is 16.4. The summed E-state index contributed by atoms with van der Waals surface area (Å²) in [6.07, 6.45) is 0.678. The van der Waals surface area contributed by atoms with Gasteiger partial charge in [-0.2, -0.15) is 0 Å². The van der Waals surface area contributed by atoms with Gasteiger partial charge in [0, 0.05) is 26.1 Å². The molecular formula is C10H16N2O4. The topological polar surface area (TPSA) is 86.7 Å². The van der Waals surface area contributed by atoms with Crippen LogP contribution in [0.3, 0.4) is 0 Å². The Morgan fingerprint density at radius 2 is 2.06 bits per heavy atom. The Morgan fingerprint density at radius 3 is 2.56 bits per heavy atom. The number of carbonyl (C=O) groups is 3. The number of carboxylic acid groups (broad SMARTS) is 1. The molecule has 0 bridgehead atoms. The molecule has 2 amide bonds. The van der Waals surface area contributed by atoms with Crippen LogP contribution in [-0.4, -0.2) is 46.9 Å². The Morgan fingerprint density at radius 1 is 1.44 bits per heavy atom. The number of nitrogens with zero attached hydrogens (tertiary/aromatic N) is 1. The van der Waals surface area contributed by atoms with Gasteiger partial charge >= 0.3 is 5.97 Å². The number of likely N-dealkylation sites (tertiary alicyclic amines) is 1. The number of amides is 2. The van der Waals surface area contributed by atoms with E-state index < -0.39 is 11.9 Å². The highest BCUT2D eigenvalue weighted by molar-refractivity contribution is 5.96. The van der Waals surface area contributed by atoms with Crippen molar-refractivity contribution in [3.8, 4) is 0 Å². The average molecular weight is 228 g/mol. The van der Waals surface area contributed by atoms with Crippen molar-refractivity contribution in [2.75, 3.05) is 13.1 Å². The van der Waals surface area contributed by atoms with Gasteiger partial charge in [0.15, 0.2) is 0 Å². The molecule has 2 atom stereocenters. The van der Waals surface area contributed by atoms with E-state index in [1.165, 1.54) is 18.7 Å². The molecule has 1 aliphatic rings. The van der Waals surface area contributed by atoms with Gasteiger partial charge in [-0.1, -0.05) is 0 Å². The Bertz CT molecular complexity index is 316. The first-order chi connectivity index (χ1) is 7.41. The maximum Gasteiger partial charge on any atom is 0.315 e. The lowest BCUT2D eigenvalue weighted by molar-refractivity contribution is -0.149. The zero-order chi connectivity index (χ0) is 12.3. The monoisotopic (exact) mass is 228 g/mol. The van der Waals surface area contributed by atoms with Gasteiger partial charge in [-0.3, -0.25) is 14.4 Å². The predicted octanol–water partition coefficient (Wildman–Crippen LogP) is -0.556. The quantitative estimate of drug-likeness (QED) is 0.634. The second kappa shape index (κ2) is 4.96. The van der Waals surface area contributed by atoms with Crippen molar-refractivity contribution in [2.45, 2.75) is 26.3 Å². The highest BCUT2D eigenvalue weighted by Gasteiger charge is 2.31. The number of aliphatic carboxylic acids is 1. The van der Waals surface area contributed by atoms with Gasteiger partial charge in [-0.15, -0.1) is 0 Å². The number of hydrogen-bond donors (Lipinski definition) is 2. The lowest BCUT2D eigenvalue weighted by Crippen LogP contribution is -2.40. The van der Waals surface area contributed by atoms with E-state index in [2.05, 4.69) is 5.32 Å². The molecule has 1 aliphatic heterocycles. The second-order valence-corrected chi connectivity index (χ2v) is 4.03. The Balaban J connectivity index is 2.49. The summed E-state index contributed by atoms with van der Waals surface area (Å²) in [6, 6.07) is -0.0533. The fraction of sp³-hybridized carbons (Fsp3) is 0.700. The number of carbonyl (C=O) groups excluding carboxylic acids is 2. The van der Waals surface area contributed by atoms with Crippen LogP contribution in [0, 0.1) is 5.92 Å². The van der Waals surface area contributed by atoms with Gasteiger partial charge in [0.1, 0.15) is 5.92 Å². The van der Waals surface area contributed by atoms with Crippen molar-refractivity contribution in [1.82, 2.24) is 10.2 Å². The van der Waals surface area contributed by atoms with Crippen molar-refractivity contribution in [3.63, 3.8) is 0 Å². The summed E-state index contributed by atoms with van der Waals surface area (Å²) >= 11 is 0. The molecule has 16 heavy (non-hydrogen) atoms. The first kappa shape index (κ1) is 12.5. The van der Waals surface area contributed by atoms with E-state index in [1.54, 1.807) is 0 Å². The number of nitrogens with one attached hydrogen (secondary N) is 1. The summed E-state index contributed by atoms with van der Waals surface area (Å²) in [7, 11) is 0. The van der Waals surface area contributed by atoms with Gasteiger partial charge < -0.3 is 15.3 Å². The van der Waals surface area contributed by atoms with E-state index in [1.807, 2.05) is 0 Å². The summed E-state index contributed by atoms with van der Waals surface area (Å²) in [4.78, 5) is 34.6. The van der Waals surface area contributed by atoms with Crippen LogP contribution in [0.2, 0.25) is 0 Å². The first-order valence-corrected chi connectivity index (χ1v) is 5.20. The number of hydrogen-bond acceptors (Lipinski definition) is 3. The third-order valence-electron chi connectivity index (χ3n) is 2.65. The molecule has 0 aromatic heterocycles. The maximum absolute atomic E-state index is 11.7.